The summed E-state index contributed by atoms with van der Waals surface area (Å²) >= 11 is 7.97. The van der Waals surface area contributed by atoms with E-state index in [9.17, 15) is 4.79 Å². The van der Waals surface area contributed by atoms with E-state index < -0.39 is 0 Å². The highest BCUT2D eigenvalue weighted by Crippen LogP contribution is 2.31. The van der Waals surface area contributed by atoms with Gasteiger partial charge in [-0.15, -0.1) is 0 Å². The first-order chi connectivity index (χ1) is 6.07. The minimum Gasteiger partial charge on any atom is -0.495 e. The topological polar surface area (TPSA) is 26.3 Å². The Morgan fingerprint density at radius 2 is 2.15 bits per heavy atom. The first-order valence-electron chi connectivity index (χ1n) is 3.61. The second-order valence-electron chi connectivity index (χ2n) is 2.49. The predicted octanol–water partition coefficient (Wildman–Crippen LogP) is 3.16. The Morgan fingerprint density at radius 3 is 2.54 bits per heavy atom. The number of carbonyl (C=O) groups excluding carboxylic acids is 1. The van der Waals surface area contributed by atoms with Crippen LogP contribution in [0, 0.1) is 3.57 Å². The van der Waals surface area contributed by atoms with Crippen molar-refractivity contribution in [1.29, 1.82) is 0 Å². The summed E-state index contributed by atoms with van der Waals surface area (Å²) in [5.74, 6) is 0.473. The number of hydrogen-bond donors (Lipinski definition) is 0. The Balaban J connectivity index is 3.43. The van der Waals surface area contributed by atoms with Crippen LogP contribution in [0.25, 0.3) is 0 Å². The highest BCUT2D eigenvalue weighted by atomic mass is 127. The molecular formula is C9H8ClIO2. The second-order valence-corrected chi connectivity index (χ2v) is 4.06. The fraction of sp³-hybridized carbons (Fsp3) is 0.222. The van der Waals surface area contributed by atoms with E-state index in [1.54, 1.807) is 6.07 Å². The van der Waals surface area contributed by atoms with Crippen molar-refractivity contribution in [3.63, 3.8) is 0 Å². The predicted molar refractivity (Wildman–Crippen MR) is 60.7 cm³/mol. The van der Waals surface area contributed by atoms with Gasteiger partial charge in [-0.2, -0.15) is 0 Å². The Morgan fingerprint density at radius 1 is 1.54 bits per heavy atom. The summed E-state index contributed by atoms with van der Waals surface area (Å²) in [5.41, 5.74) is 0.455. The largest absolute Gasteiger partial charge is 0.495 e. The lowest BCUT2D eigenvalue weighted by atomic mass is 10.1. The first-order valence-corrected chi connectivity index (χ1v) is 5.06. The van der Waals surface area contributed by atoms with Gasteiger partial charge in [0.2, 0.25) is 0 Å². The van der Waals surface area contributed by atoms with Crippen LogP contribution in [-0.4, -0.2) is 12.9 Å². The van der Waals surface area contributed by atoms with Gasteiger partial charge in [0, 0.05) is 0 Å². The molecule has 0 bridgehead atoms. The number of ether oxygens (including phenoxy) is 1. The summed E-state index contributed by atoms with van der Waals surface area (Å²) < 4.78 is 5.99. The maximum Gasteiger partial charge on any atom is 0.165 e. The van der Waals surface area contributed by atoms with Gasteiger partial charge in [0.15, 0.2) is 5.78 Å². The molecule has 0 saturated carbocycles. The van der Waals surface area contributed by atoms with Gasteiger partial charge in [-0.1, -0.05) is 11.6 Å². The van der Waals surface area contributed by atoms with Gasteiger partial charge in [0.25, 0.3) is 0 Å². The molecule has 0 spiro atoms. The molecular weight excluding hydrogens is 302 g/mol. The fourth-order valence-corrected chi connectivity index (χ4v) is 2.01. The molecule has 0 aliphatic carbocycles. The molecule has 70 valence electrons. The molecule has 0 radical (unpaired) electrons. The standard InChI is InChI=1S/C9H8ClIO2/c1-5(12)8-6(10)3-4-7(11)9(8)13-2/h3-4H,1-2H3. The molecule has 1 aromatic carbocycles. The number of hydrogen-bond acceptors (Lipinski definition) is 2. The van der Waals surface area contributed by atoms with Crippen molar-refractivity contribution in [2.75, 3.05) is 7.11 Å². The van der Waals surface area contributed by atoms with Crippen LogP contribution in [0.3, 0.4) is 0 Å². The molecule has 0 saturated heterocycles. The molecule has 0 aliphatic rings. The van der Waals surface area contributed by atoms with Crippen molar-refractivity contribution in [3.8, 4) is 5.75 Å². The van der Waals surface area contributed by atoms with E-state index in [2.05, 4.69) is 22.6 Å². The molecule has 13 heavy (non-hydrogen) atoms. The third-order valence-electron chi connectivity index (χ3n) is 1.61. The molecule has 2 nitrogen and oxygen atoms in total. The number of Topliss-reactive ketones (excluding diaryl/α,β-unsaturated/α-hetero) is 1. The maximum absolute atomic E-state index is 11.2. The van der Waals surface area contributed by atoms with E-state index in [1.165, 1.54) is 14.0 Å². The van der Waals surface area contributed by atoms with Crippen molar-refractivity contribution >= 4 is 40.0 Å². The zero-order valence-electron chi connectivity index (χ0n) is 7.23. The Bertz CT molecular complexity index is 350. The Kier molecular flexibility index (Phi) is 3.55. The second kappa shape index (κ2) is 4.28. The van der Waals surface area contributed by atoms with E-state index in [-0.39, 0.29) is 5.78 Å². The lowest BCUT2D eigenvalue weighted by Gasteiger charge is -2.09. The van der Waals surface area contributed by atoms with E-state index in [0.717, 1.165) is 3.57 Å². The zero-order valence-corrected chi connectivity index (χ0v) is 10.1. The quantitative estimate of drug-likeness (QED) is 0.619. The Labute approximate surface area is 95.4 Å². The van der Waals surface area contributed by atoms with Crippen molar-refractivity contribution in [1.82, 2.24) is 0 Å². The zero-order chi connectivity index (χ0) is 10.0. The fourth-order valence-electron chi connectivity index (χ4n) is 1.06. The molecule has 0 heterocycles. The van der Waals surface area contributed by atoms with E-state index in [1.807, 2.05) is 6.07 Å². The van der Waals surface area contributed by atoms with Crippen molar-refractivity contribution in [2.45, 2.75) is 6.92 Å². The molecule has 1 aromatic rings. The van der Waals surface area contributed by atoms with Crippen molar-refractivity contribution in [3.05, 3.63) is 26.3 Å². The average molecular weight is 311 g/mol. The van der Waals surface area contributed by atoms with E-state index >= 15 is 0 Å². The molecule has 0 aromatic heterocycles. The molecule has 0 N–H and O–H groups in total. The molecule has 0 aliphatic heterocycles. The average Bonchev–Trinajstić information content (AvgIpc) is 2.07. The van der Waals surface area contributed by atoms with Crippen LogP contribution in [0.15, 0.2) is 12.1 Å². The monoisotopic (exact) mass is 310 g/mol. The number of methoxy groups -OCH3 is 1. The van der Waals surface area contributed by atoms with Crippen LogP contribution < -0.4 is 4.74 Å². The summed E-state index contributed by atoms with van der Waals surface area (Å²) in [6, 6.07) is 3.51. The van der Waals surface area contributed by atoms with Gasteiger partial charge < -0.3 is 4.74 Å². The highest BCUT2D eigenvalue weighted by molar-refractivity contribution is 14.1. The summed E-state index contributed by atoms with van der Waals surface area (Å²) in [5, 5.41) is 0.435. The maximum atomic E-state index is 11.2. The minimum absolute atomic E-state index is 0.0830. The summed E-state index contributed by atoms with van der Waals surface area (Å²) in [6.45, 7) is 1.47. The third-order valence-corrected chi connectivity index (χ3v) is 2.78. The van der Waals surface area contributed by atoms with Crippen molar-refractivity contribution in [2.24, 2.45) is 0 Å². The smallest absolute Gasteiger partial charge is 0.165 e. The summed E-state index contributed by atoms with van der Waals surface area (Å²) in [4.78, 5) is 11.2. The van der Waals surface area contributed by atoms with Crippen LogP contribution in [0.2, 0.25) is 5.02 Å². The van der Waals surface area contributed by atoms with Crippen molar-refractivity contribution < 1.29 is 9.53 Å². The van der Waals surface area contributed by atoms with Crippen LogP contribution in [0.4, 0.5) is 0 Å². The van der Waals surface area contributed by atoms with Crippen LogP contribution in [0.5, 0.6) is 5.75 Å². The normalized spacial score (nSPS) is 9.85. The SMILES string of the molecule is COc1c(I)ccc(Cl)c1C(C)=O. The molecule has 4 heteroatoms. The van der Waals surface area contributed by atoms with E-state index in [0.29, 0.717) is 16.3 Å². The van der Waals surface area contributed by atoms with Gasteiger partial charge >= 0.3 is 0 Å². The van der Waals surface area contributed by atoms with Gasteiger partial charge in [0.1, 0.15) is 5.75 Å². The summed E-state index contributed by atoms with van der Waals surface area (Å²) in [7, 11) is 1.53. The van der Waals surface area contributed by atoms with Gasteiger partial charge in [-0.25, -0.2) is 0 Å². The number of benzene rings is 1. The number of ketones is 1. The molecule has 0 fully saturated rings. The van der Waals surface area contributed by atoms with Gasteiger partial charge in [-0.05, 0) is 41.6 Å². The van der Waals surface area contributed by atoms with E-state index in [4.69, 9.17) is 16.3 Å². The lowest BCUT2D eigenvalue weighted by molar-refractivity contribution is 0.101. The highest BCUT2D eigenvalue weighted by Gasteiger charge is 2.15. The first kappa shape index (κ1) is 10.8. The molecule has 0 unspecified atom stereocenters. The molecule has 0 amide bonds. The van der Waals surface area contributed by atoms with Gasteiger partial charge in [-0.3, -0.25) is 4.79 Å². The van der Waals surface area contributed by atoms with Crippen LogP contribution in [0.1, 0.15) is 17.3 Å². The number of halogens is 2. The number of rotatable bonds is 2. The van der Waals surface area contributed by atoms with Crippen LogP contribution >= 0.6 is 34.2 Å². The summed E-state index contributed by atoms with van der Waals surface area (Å²) in [6.07, 6.45) is 0. The third kappa shape index (κ3) is 2.14. The number of carbonyl (C=O) groups is 1. The molecule has 0 atom stereocenters. The minimum atomic E-state index is -0.0830. The Hall–Kier alpha value is -0.290. The lowest BCUT2D eigenvalue weighted by Crippen LogP contribution is -2.00. The molecule has 1 rings (SSSR count). The van der Waals surface area contributed by atoms with Gasteiger partial charge in [0.05, 0.1) is 21.3 Å². The van der Waals surface area contributed by atoms with Crippen LogP contribution in [-0.2, 0) is 0 Å².